The lowest BCUT2D eigenvalue weighted by Gasteiger charge is -2.09. The van der Waals surface area contributed by atoms with E-state index in [0.29, 0.717) is 0 Å². The third-order valence-electron chi connectivity index (χ3n) is 1.96. The zero-order valence-corrected chi connectivity index (χ0v) is 12.1. The van der Waals surface area contributed by atoms with Gasteiger partial charge in [0.1, 0.15) is 0 Å². The highest BCUT2D eigenvalue weighted by atomic mass is 79.9. The number of nitrogens with one attached hydrogen (secondary N) is 1. The third-order valence-corrected chi connectivity index (χ3v) is 3.38. The molecule has 0 atom stereocenters. The normalized spacial score (nSPS) is 11.0. The van der Waals surface area contributed by atoms with Gasteiger partial charge in [0.15, 0.2) is 0 Å². The van der Waals surface area contributed by atoms with Gasteiger partial charge in [-0.05, 0) is 42.2 Å². The summed E-state index contributed by atoms with van der Waals surface area (Å²) in [6, 6.07) is 4.06. The molecule has 0 radical (unpaired) electrons. The molecule has 0 aliphatic carbocycles. The van der Waals surface area contributed by atoms with Crippen LogP contribution in [0.2, 0.25) is 0 Å². The SMILES string of the molecule is CN(C)CCNCCSc1ccc(Br)cn1. The van der Waals surface area contributed by atoms with Crippen LogP contribution in [-0.4, -0.2) is 49.4 Å². The highest BCUT2D eigenvalue weighted by Crippen LogP contribution is 2.16. The Morgan fingerprint density at radius 1 is 1.38 bits per heavy atom. The Balaban J connectivity index is 2.05. The molecule has 1 heterocycles. The second-order valence-electron chi connectivity index (χ2n) is 3.72. The Kier molecular flexibility index (Phi) is 7.03. The fourth-order valence-corrected chi connectivity index (χ4v) is 2.08. The van der Waals surface area contributed by atoms with E-state index in [2.05, 4.69) is 45.2 Å². The van der Waals surface area contributed by atoms with Crippen molar-refractivity contribution >= 4 is 27.7 Å². The highest BCUT2D eigenvalue weighted by Gasteiger charge is 1.95. The molecule has 90 valence electrons. The molecule has 0 unspecified atom stereocenters. The number of likely N-dealkylation sites (N-methyl/N-ethyl adjacent to an activating group) is 1. The summed E-state index contributed by atoms with van der Waals surface area (Å²) in [5.74, 6) is 1.06. The van der Waals surface area contributed by atoms with Crippen LogP contribution in [0.15, 0.2) is 27.8 Å². The maximum atomic E-state index is 4.30. The first kappa shape index (κ1) is 14.0. The summed E-state index contributed by atoms with van der Waals surface area (Å²) < 4.78 is 1.03. The predicted molar refractivity (Wildman–Crippen MR) is 74.1 cm³/mol. The second kappa shape index (κ2) is 8.06. The molecular weight excluding hydrogens is 286 g/mol. The van der Waals surface area contributed by atoms with Crippen LogP contribution in [0.4, 0.5) is 0 Å². The average molecular weight is 304 g/mol. The van der Waals surface area contributed by atoms with Crippen LogP contribution in [0.25, 0.3) is 0 Å². The molecule has 0 fully saturated rings. The maximum absolute atomic E-state index is 4.30. The van der Waals surface area contributed by atoms with Gasteiger partial charge in [-0.2, -0.15) is 0 Å². The van der Waals surface area contributed by atoms with Crippen molar-refractivity contribution in [2.75, 3.05) is 39.5 Å². The zero-order chi connectivity index (χ0) is 11.8. The van der Waals surface area contributed by atoms with Crippen molar-refractivity contribution in [1.29, 1.82) is 0 Å². The van der Waals surface area contributed by atoms with Gasteiger partial charge in [0.05, 0.1) is 5.03 Å². The minimum absolute atomic E-state index is 1.02. The Morgan fingerprint density at radius 3 is 2.81 bits per heavy atom. The molecule has 1 aromatic heterocycles. The molecule has 0 aromatic carbocycles. The predicted octanol–water partition coefficient (Wildman–Crippen LogP) is 2.09. The number of pyridine rings is 1. The largest absolute Gasteiger partial charge is 0.315 e. The zero-order valence-electron chi connectivity index (χ0n) is 9.74. The lowest BCUT2D eigenvalue weighted by Crippen LogP contribution is -2.27. The number of halogens is 1. The first-order valence-electron chi connectivity index (χ1n) is 5.28. The second-order valence-corrected chi connectivity index (χ2v) is 5.75. The summed E-state index contributed by atoms with van der Waals surface area (Å²) in [6.45, 7) is 3.15. The van der Waals surface area contributed by atoms with Crippen molar-refractivity contribution < 1.29 is 0 Å². The Morgan fingerprint density at radius 2 is 2.19 bits per heavy atom. The summed E-state index contributed by atoms with van der Waals surface area (Å²) in [5.41, 5.74) is 0. The third kappa shape index (κ3) is 6.48. The van der Waals surface area contributed by atoms with E-state index < -0.39 is 0 Å². The lowest BCUT2D eigenvalue weighted by molar-refractivity contribution is 0.403. The number of hydrogen-bond acceptors (Lipinski definition) is 4. The fraction of sp³-hybridized carbons (Fsp3) is 0.545. The van der Waals surface area contributed by atoms with Crippen LogP contribution < -0.4 is 5.32 Å². The van der Waals surface area contributed by atoms with Crippen LogP contribution in [0.1, 0.15) is 0 Å². The van der Waals surface area contributed by atoms with Gasteiger partial charge in [-0.3, -0.25) is 0 Å². The average Bonchev–Trinajstić information content (AvgIpc) is 2.25. The van der Waals surface area contributed by atoms with Gasteiger partial charge >= 0.3 is 0 Å². The van der Waals surface area contributed by atoms with Gasteiger partial charge in [-0.1, -0.05) is 0 Å². The van der Waals surface area contributed by atoms with Crippen molar-refractivity contribution in [1.82, 2.24) is 15.2 Å². The van der Waals surface area contributed by atoms with Crippen molar-refractivity contribution in [3.8, 4) is 0 Å². The van der Waals surface area contributed by atoms with Gasteiger partial charge in [-0.15, -0.1) is 11.8 Å². The van der Waals surface area contributed by atoms with Crippen molar-refractivity contribution in [3.05, 3.63) is 22.8 Å². The minimum Gasteiger partial charge on any atom is -0.315 e. The quantitative estimate of drug-likeness (QED) is 0.617. The van der Waals surface area contributed by atoms with E-state index in [9.17, 15) is 0 Å². The number of hydrogen-bond donors (Lipinski definition) is 1. The van der Waals surface area contributed by atoms with Gasteiger partial charge in [0, 0.05) is 36.1 Å². The number of nitrogens with zero attached hydrogens (tertiary/aromatic N) is 2. The van der Waals surface area contributed by atoms with E-state index in [1.807, 2.05) is 18.3 Å². The van der Waals surface area contributed by atoms with Crippen molar-refractivity contribution in [3.63, 3.8) is 0 Å². The monoisotopic (exact) mass is 303 g/mol. The number of thioether (sulfide) groups is 1. The molecule has 0 aliphatic heterocycles. The molecule has 0 saturated carbocycles. The molecular formula is C11H18BrN3S. The first-order chi connectivity index (χ1) is 7.68. The van der Waals surface area contributed by atoms with Crippen LogP contribution in [0, 0.1) is 0 Å². The van der Waals surface area contributed by atoms with E-state index in [1.165, 1.54) is 0 Å². The molecule has 0 amide bonds. The summed E-state index contributed by atoms with van der Waals surface area (Å²) in [4.78, 5) is 6.48. The van der Waals surface area contributed by atoms with E-state index in [0.717, 1.165) is 34.9 Å². The van der Waals surface area contributed by atoms with Crippen molar-refractivity contribution in [2.24, 2.45) is 0 Å². The van der Waals surface area contributed by atoms with Gasteiger partial charge in [-0.25, -0.2) is 4.98 Å². The molecule has 1 N–H and O–H groups in total. The molecule has 1 rings (SSSR count). The molecule has 16 heavy (non-hydrogen) atoms. The van der Waals surface area contributed by atoms with E-state index in [-0.39, 0.29) is 0 Å². The number of rotatable bonds is 7. The van der Waals surface area contributed by atoms with Crippen LogP contribution in [0.5, 0.6) is 0 Å². The summed E-state index contributed by atoms with van der Waals surface area (Å²) >= 11 is 5.15. The molecule has 0 bridgehead atoms. The standard InChI is InChI=1S/C11H18BrN3S/c1-15(2)7-5-13-6-8-16-11-4-3-10(12)9-14-11/h3-4,9,13H,5-8H2,1-2H3. The maximum Gasteiger partial charge on any atom is 0.0961 e. The highest BCUT2D eigenvalue weighted by molar-refractivity contribution is 9.10. The Hall–Kier alpha value is -0.100. The lowest BCUT2D eigenvalue weighted by atomic mass is 10.5. The van der Waals surface area contributed by atoms with Crippen LogP contribution >= 0.6 is 27.7 Å². The number of aromatic nitrogens is 1. The van der Waals surface area contributed by atoms with Gasteiger partial charge < -0.3 is 10.2 Å². The van der Waals surface area contributed by atoms with Gasteiger partial charge in [0.25, 0.3) is 0 Å². The fourth-order valence-electron chi connectivity index (χ4n) is 1.10. The van der Waals surface area contributed by atoms with E-state index in [4.69, 9.17) is 0 Å². The van der Waals surface area contributed by atoms with Crippen molar-refractivity contribution in [2.45, 2.75) is 5.03 Å². The van der Waals surface area contributed by atoms with Crippen LogP contribution in [0.3, 0.4) is 0 Å². The molecule has 0 saturated heterocycles. The topological polar surface area (TPSA) is 28.2 Å². The van der Waals surface area contributed by atoms with Crippen LogP contribution in [-0.2, 0) is 0 Å². The smallest absolute Gasteiger partial charge is 0.0961 e. The Bertz CT molecular complexity index is 290. The summed E-state index contributed by atoms with van der Waals surface area (Å²) in [7, 11) is 4.17. The summed E-state index contributed by atoms with van der Waals surface area (Å²) in [5, 5.41) is 4.48. The Labute approximate surface area is 110 Å². The molecule has 3 nitrogen and oxygen atoms in total. The molecule has 0 aliphatic rings. The minimum atomic E-state index is 1.02. The molecule has 5 heteroatoms. The van der Waals surface area contributed by atoms with E-state index in [1.54, 1.807) is 11.8 Å². The van der Waals surface area contributed by atoms with E-state index >= 15 is 0 Å². The first-order valence-corrected chi connectivity index (χ1v) is 7.06. The molecule has 0 spiro atoms. The summed E-state index contributed by atoms with van der Waals surface area (Å²) in [6.07, 6.45) is 1.84. The molecule has 1 aromatic rings. The van der Waals surface area contributed by atoms with Gasteiger partial charge in [0.2, 0.25) is 0 Å².